The first-order chi connectivity index (χ1) is 8.74. The van der Waals surface area contributed by atoms with E-state index in [1.54, 1.807) is 0 Å². The zero-order valence-corrected chi connectivity index (χ0v) is 10.7. The molecule has 3 heterocycles. The number of piperidine rings is 1. The minimum Gasteiger partial charge on any atom is -0.347 e. The molecule has 0 aromatic heterocycles. The quantitative estimate of drug-likeness (QED) is 0.711. The number of hydrogen-bond acceptors (Lipinski definition) is 3. The fourth-order valence-corrected chi connectivity index (χ4v) is 3.58. The number of rotatable bonds is 1. The molecule has 5 heteroatoms. The van der Waals surface area contributed by atoms with Gasteiger partial charge in [0.2, 0.25) is 11.8 Å². The van der Waals surface area contributed by atoms with E-state index in [0.29, 0.717) is 25.0 Å². The van der Waals surface area contributed by atoms with E-state index < -0.39 is 0 Å². The SMILES string of the molecule is O=C1CCN(C2CCN3CCCC3C2)C(=O)CN1. The molecule has 0 radical (unpaired) electrons. The minimum atomic E-state index is 0.00384. The van der Waals surface area contributed by atoms with Gasteiger partial charge in [-0.3, -0.25) is 9.59 Å². The van der Waals surface area contributed by atoms with E-state index in [9.17, 15) is 9.59 Å². The van der Waals surface area contributed by atoms with Gasteiger partial charge in [0.1, 0.15) is 0 Å². The smallest absolute Gasteiger partial charge is 0.242 e. The van der Waals surface area contributed by atoms with E-state index in [1.807, 2.05) is 4.90 Å². The van der Waals surface area contributed by atoms with E-state index in [4.69, 9.17) is 0 Å². The number of carbonyl (C=O) groups is 2. The molecule has 2 atom stereocenters. The van der Waals surface area contributed by atoms with Crippen LogP contribution in [0, 0.1) is 0 Å². The Morgan fingerprint density at radius 1 is 1.06 bits per heavy atom. The molecule has 0 spiro atoms. The number of nitrogens with zero attached hydrogens (tertiary/aromatic N) is 2. The first-order valence-corrected chi connectivity index (χ1v) is 7.04. The molecule has 100 valence electrons. The van der Waals surface area contributed by atoms with E-state index >= 15 is 0 Å². The lowest BCUT2D eigenvalue weighted by molar-refractivity contribution is -0.133. The van der Waals surface area contributed by atoms with Crippen molar-refractivity contribution in [2.24, 2.45) is 0 Å². The molecule has 5 nitrogen and oxygen atoms in total. The second-order valence-corrected chi connectivity index (χ2v) is 5.62. The van der Waals surface area contributed by atoms with E-state index in [1.165, 1.54) is 19.4 Å². The van der Waals surface area contributed by atoms with E-state index in [0.717, 1.165) is 19.4 Å². The molecule has 0 aromatic rings. The third-order valence-corrected chi connectivity index (χ3v) is 4.57. The van der Waals surface area contributed by atoms with Crippen LogP contribution in [0.25, 0.3) is 0 Å². The third kappa shape index (κ3) is 2.23. The second-order valence-electron chi connectivity index (χ2n) is 5.62. The van der Waals surface area contributed by atoms with Gasteiger partial charge in [-0.1, -0.05) is 0 Å². The van der Waals surface area contributed by atoms with Crippen molar-refractivity contribution in [2.75, 3.05) is 26.2 Å². The number of nitrogens with one attached hydrogen (secondary N) is 1. The highest BCUT2D eigenvalue weighted by Gasteiger charge is 2.36. The Morgan fingerprint density at radius 2 is 1.94 bits per heavy atom. The molecule has 0 saturated carbocycles. The molecule has 3 fully saturated rings. The molecule has 1 N–H and O–H groups in total. The maximum atomic E-state index is 12.0. The fourth-order valence-electron chi connectivity index (χ4n) is 3.58. The van der Waals surface area contributed by atoms with Crippen molar-refractivity contribution in [3.05, 3.63) is 0 Å². The molecular formula is C13H21N3O2. The summed E-state index contributed by atoms with van der Waals surface area (Å²) in [6.45, 7) is 3.12. The van der Waals surface area contributed by atoms with Crippen LogP contribution >= 0.6 is 0 Å². The molecule has 0 aliphatic carbocycles. The van der Waals surface area contributed by atoms with Crippen LogP contribution in [0.1, 0.15) is 32.1 Å². The summed E-state index contributed by atoms with van der Waals surface area (Å²) in [4.78, 5) is 27.9. The molecule has 3 aliphatic heterocycles. The van der Waals surface area contributed by atoms with Crippen molar-refractivity contribution in [2.45, 2.75) is 44.2 Å². The summed E-state index contributed by atoms with van der Waals surface area (Å²) in [6.07, 6.45) is 5.19. The molecule has 2 unspecified atom stereocenters. The largest absolute Gasteiger partial charge is 0.347 e. The first-order valence-electron chi connectivity index (χ1n) is 7.04. The minimum absolute atomic E-state index is 0.00384. The van der Waals surface area contributed by atoms with Gasteiger partial charge in [-0.2, -0.15) is 0 Å². The van der Waals surface area contributed by atoms with Crippen molar-refractivity contribution in [1.82, 2.24) is 15.1 Å². The van der Waals surface area contributed by atoms with E-state index in [-0.39, 0.29) is 18.4 Å². The van der Waals surface area contributed by atoms with Crippen LogP contribution < -0.4 is 5.32 Å². The van der Waals surface area contributed by atoms with Gasteiger partial charge < -0.3 is 15.1 Å². The van der Waals surface area contributed by atoms with Gasteiger partial charge in [0.15, 0.2) is 0 Å². The highest BCUT2D eigenvalue weighted by molar-refractivity contribution is 5.87. The summed E-state index contributed by atoms with van der Waals surface area (Å²) in [6, 6.07) is 1.02. The maximum absolute atomic E-state index is 12.0. The normalized spacial score (nSPS) is 34.1. The molecule has 3 rings (SSSR count). The molecule has 3 aliphatic rings. The summed E-state index contributed by atoms with van der Waals surface area (Å²) in [5, 5.41) is 2.67. The highest BCUT2D eigenvalue weighted by atomic mass is 16.2. The van der Waals surface area contributed by atoms with Crippen LogP contribution in [-0.2, 0) is 9.59 Å². The lowest BCUT2D eigenvalue weighted by Gasteiger charge is -2.40. The van der Waals surface area contributed by atoms with Gasteiger partial charge in [0.25, 0.3) is 0 Å². The molecule has 0 bridgehead atoms. The fraction of sp³-hybridized carbons (Fsp3) is 0.846. The van der Waals surface area contributed by atoms with Crippen LogP contribution in [0.15, 0.2) is 0 Å². The van der Waals surface area contributed by atoms with Crippen molar-refractivity contribution in [3.8, 4) is 0 Å². The Bertz CT molecular complexity index is 358. The van der Waals surface area contributed by atoms with Crippen molar-refractivity contribution >= 4 is 11.8 Å². The van der Waals surface area contributed by atoms with Gasteiger partial charge in [-0.05, 0) is 32.2 Å². The van der Waals surface area contributed by atoms with Gasteiger partial charge in [0, 0.05) is 31.6 Å². The summed E-state index contributed by atoms with van der Waals surface area (Å²) in [5.41, 5.74) is 0. The monoisotopic (exact) mass is 251 g/mol. The molecule has 3 saturated heterocycles. The standard InChI is InChI=1S/C13H21N3O2/c17-12-4-7-16(13(18)9-14-12)11-3-6-15-5-1-2-10(15)8-11/h10-11H,1-9H2,(H,14,17). The van der Waals surface area contributed by atoms with Crippen LogP contribution in [0.2, 0.25) is 0 Å². The summed E-state index contributed by atoms with van der Waals surface area (Å²) < 4.78 is 0. The summed E-state index contributed by atoms with van der Waals surface area (Å²) in [7, 11) is 0. The van der Waals surface area contributed by atoms with Gasteiger partial charge in [-0.25, -0.2) is 0 Å². The van der Waals surface area contributed by atoms with Gasteiger partial charge in [-0.15, -0.1) is 0 Å². The predicted molar refractivity (Wildman–Crippen MR) is 67.0 cm³/mol. The van der Waals surface area contributed by atoms with Gasteiger partial charge >= 0.3 is 0 Å². The molecule has 0 aromatic carbocycles. The van der Waals surface area contributed by atoms with Crippen molar-refractivity contribution in [3.63, 3.8) is 0 Å². The second kappa shape index (κ2) is 4.88. The number of hydrogen-bond donors (Lipinski definition) is 1. The number of amides is 2. The third-order valence-electron chi connectivity index (χ3n) is 4.57. The Morgan fingerprint density at radius 3 is 2.83 bits per heavy atom. The Balaban J connectivity index is 1.66. The topological polar surface area (TPSA) is 52.7 Å². The van der Waals surface area contributed by atoms with Crippen LogP contribution in [0.4, 0.5) is 0 Å². The van der Waals surface area contributed by atoms with Crippen LogP contribution in [0.5, 0.6) is 0 Å². The number of carbonyl (C=O) groups excluding carboxylic acids is 2. The highest BCUT2D eigenvalue weighted by Crippen LogP contribution is 2.29. The molecular weight excluding hydrogens is 230 g/mol. The lowest BCUT2D eigenvalue weighted by atomic mass is 9.96. The Hall–Kier alpha value is -1.10. The first kappa shape index (κ1) is 12.0. The average molecular weight is 251 g/mol. The van der Waals surface area contributed by atoms with Crippen molar-refractivity contribution in [1.29, 1.82) is 0 Å². The van der Waals surface area contributed by atoms with E-state index in [2.05, 4.69) is 10.2 Å². The summed E-state index contributed by atoms with van der Waals surface area (Å²) >= 11 is 0. The zero-order chi connectivity index (χ0) is 12.5. The zero-order valence-electron chi connectivity index (χ0n) is 10.7. The number of fused-ring (bicyclic) bond motifs is 1. The Labute approximate surface area is 107 Å². The van der Waals surface area contributed by atoms with Crippen LogP contribution in [-0.4, -0.2) is 59.9 Å². The predicted octanol–water partition coefficient (Wildman–Crippen LogP) is -0.0383. The summed E-state index contributed by atoms with van der Waals surface area (Å²) in [5.74, 6) is 0.0986. The van der Waals surface area contributed by atoms with Gasteiger partial charge in [0.05, 0.1) is 6.54 Å². The maximum Gasteiger partial charge on any atom is 0.242 e. The molecule has 18 heavy (non-hydrogen) atoms. The average Bonchev–Trinajstić information content (AvgIpc) is 2.77. The van der Waals surface area contributed by atoms with Crippen molar-refractivity contribution < 1.29 is 9.59 Å². The Kier molecular flexibility index (Phi) is 3.24. The molecule has 2 amide bonds. The van der Waals surface area contributed by atoms with Crippen LogP contribution in [0.3, 0.4) is 0 Å². The lowest BCUT2D eigenvalue weighted by Crippen LogP contribution is -2.50.